The summed E-state index contributed by atoms with van der Waals surface area (Å²) in [6, 6.07) is 9.93. The lowest BCUT2D eigenvalue weighted by Crippen LogP contribution is -2.25. The van der Waals surface area contributed by atoms with Crippen LogP contribution in [0.1, 0.15) is 5.56 Å². The third-order valence-corrected chi connectivity index (χ3v) is 2.27. The minimum absolute atomic E-state index is 0.137. The second kappa shape index (κ2) is 5.63. The Morgan fingerprint density at radius 2 is 2.19 bits per heavy atom. The van der Waals surface area contributed by atoms with E-state index < -0.39 is 0 Å². The molecule has 2 rings (SSSR count). The molecule has 1 unspecified atom stereocenters. The summed E-state index contributed by atoms with van der Waals surface area (Å²) in [5, 5.41) is 3.03. The maximum Gasteiger partial charge on any atom is 0.320 e. The number of rotatable bonds is 6. The Kier molecular flexibility index (Phi) is 3.91. The number of ether oxygens (including phenoxy) is 2. The quantitative estimate of drug-likeness (QED) is 0.568. The van der Waals surface area contributed by atoms with Gasteiger partial charge in [-0.15, -0.1) is 0 Å². The van der Waals surface area contributed by atoms with Crippen LogP contribution in [0.25, 0.3) is 0 Å². The number of carbonyl (C=O) groups is 1. The smallest absolute Gasteiger partial charge is 0.320 e. The normalized spacial score (nSPS) is 18.1. The van der Waals surface area contributed by atoms with Crippen molar-refractivity contribution in [3.05, 3.63) is 35.9 Å². The highest BCUT2D eigenvalue weighted by molar-refractivity contribution is 5.71. The Morgan fingerprint density at radius 1 is 1.44 bits per heavy atom. The summed E-state index contributed by atoms with van der Waals surface area (Å²) in [6.07, 6.45) is 0.137. The Morgan fingerprint density at radius 3 is 2.88 bits per heavy atom. The Bertz CT molecular complexity index is 335. The molecule has 0 aromatic heterocycles. The molecule has 1 aliphatic heterocycles. The Balaban J connectivity index is 1.58. The van der Waals surface area contributed by atoms with E-state index in [0.29, 0.717) is 19.8 Å². The third kappa shape index (κ3) is 4.00. The van der Waals surface area contributed by atoms with E-state index in [9.17, 15) is 4.79 Å². The minimum atomic E-state index is -0.230. The van der Waals surface area contributed by atoms with Crippen molar-refractivity contribution in [3.8, 4) is 0 Å². The fourth-order valence-electron chi connectivity index (χ4n) is 1.31. The first kappa shape index (κ1) is 11.1. The average molecular weight is 221 g/mol. The van der Waals surface area contributed by atoms with Crippen LogP contribution >= 0.6 is 0 Å². The lowest BCUT2D eigenvalue weighted by molar-refractivity contribution is -0.143. The molecule has 4 nitrogen and oxygen atoms in total. The number of esters is 1. The predicted molar refractivity (Wildman–Crippen MR) is 58.8 cm³/mol. The third-order valence-electron chi connectivity index (χ3n) is 2.27. The number of hydrogen-bond acceptors (Lipinski definition) is 4. The van der Waals surface area contributed by atoms with Crippen LogP contribution in [0, 0.1) is 0 Å². The van der Waals surface area contributed by atoms with Gasteiger partial charge in [0, 0.05) is 6.54 Å². The molecule has 4 heteroatoms. The summed E-state index contributed by atoms with van der Waals surface area (Å²) in [4.78, 5) is 11.2. The summed E-state index contributed by atoms with van der Waals surface area (Å²) in [5.41, 5.74) is 1.15. The van der Waals surface area contributed by atoms with Crippen molar-refractivity contribution in [2.24, 2.45) is 0 Å². The summed E-state index contributed by atoms with van der Waals surface area (Å²) in [6.45, 7) is 2.01. The van der Waals surface area contributed by atoms with E-state index in [2.05, 4.69) is 5.32 Å². The fourth-order valence-corrected chi connectivity index (χ4v) is 1.31. The van der Waals surface area contributed by atoms with Crippen LogP contribution in [0.2, 0.25) is 0 Å². The van der Waals surface area contributed by atoms with Gasteiger partial charge in [0.1, 0.15) is 12.7 Å². The number of benzene rings is 1. The van der Waals surface area contributed by atoms with E-state index >= 15 is 0 Å². The van der Waals surface area contributed by atoms with Crippen molar-refractivity contribution < 1.29 is 14.3 Å². The molecule has 16 heavy (non-hydrogen) atoms. The Hall–Kier alpha value is -1.39. The molecule has 1 aliphatic rings. The number of epoxide rings is 1. The lowest BCUT2D eigenvalue weighted by atomic mass is 10.2. The molecule has 0 bridgehead atoms. The van der Waals surface area contributed by atoms with Crippen molar-refractivity contribution >= 4 is 5.97 Å². The topological polar surface area (TPSA) is 50.9 Å². The van der Waals surface area contributed by atoms with Gasteiger partial charge in [-0.1, -0.05) is 30.3 Å². The molecule has 1 heterocycles. The molecule has 0 saturated carbocycles. The highest BCUT2D eigenvalue weighted by Gasteiger charge is 2.23. The second-order valence-electron chi connectivity index (χ2n) is 3.73. The molecule has 1 atom stereocenters. The largest absolute Gasteiger partial charge is 0.462 e. The molecule has 0 amide bonds. The van der Waals surface area contributed by atoms with Gasteiger partial charge in [0.25, 0.3) is 0 Å². The molecule has 1 aromatic rings. The van der Waals surface area contributed by atoms with E-state index in [1.54, 1.807) is 0 Å². The number of carbonyl (C=O) groups excluding carboxylic acids is 1. The van der Waals surface area contributed by atoms with Gasteiger partial charge in [0.2, 0.25) is 0 Å². The first-order chi connectivity index (χ1) is 7.84. The molecule has 1 aromatic carbocycles. The molecule has 1 saturated heterocycles. The first-order valence-corrected chi connectivity index (χ1v) is 5.36. The SMILES string of the molecule is O=C(CNCc1ccccc1)OCC1CO1. The molecule has 1 fully saturated rings. The van der Waals surface area contributed by atoms with Gasteiger partial charge in [-0.2, -0.15) is 0 Å². The van der Waals surface area contributed by atoms with Gasteiger partial charge in [-0.25, -0.2) is 0 Å². The van der Waals surface area contributed by atoms with Crippen LogP contribution in [-0.4, -0.2) is 31.8 Å². The van der Waals surface area contributed by atoms with Gasteiger partial charge in [-0.3, -0.25) is 4.79 Å². The standard InChI is InChI=1S/C12H15NO3/c14-12(16-9-11-8-15-11)7-13-6-10-4-2-1-3-5-10/h1-5,11,13H,6-9H2. The first-order valence-electron chi connectivity index (χ1n) is 5.36. The van der Waals surface area contributed by atoms with Crippen LogP contribution in [0.15, 0.2) is 30.3 Å². The monoisotopic (exact) mass is 221 g/mol. The van der Waals surface area contributed by atoms with Crippen molar-refractivity contribution in [1.82, 2.24) is 5.32 Å². The van der Waals surface area contributed by atoms with Crippen LogP contribution < -0.4 is 5.32 Å². The van der Waals surface area contributed by atoms with Gasteiger partial charge in [-0.05, 0) is 5.56 Å². The van der Waals surface area contributed by atoms with E-state index in [4.69, 9.17) is 9.47 Å². The summed E-state index contributed by atoms with van der Waals surface area (Å²) in [5.74, 6) is -0.230. The average Bonchev–Trinajstić information content (AvgIpc) is 3.12. The van der Waals surface area contributed by atoms with Crippen molar-refractivity contribution in [2.45, 2.75) is 12.6 Å². The maximum atomic E-state index is 11.2. The summed E-state index contributed by atoms with van der Waals surface area (Å²) < 4.78 is 9.91. The van der Waals surface area contributed by atoms with Gasteiger partial charge in [0.15, 0.2) is 0 Å². The minimum Gasteiger partial charge on any atom is -0.462 e. The lowest BCUT2D eigenvalue weighted by Gasteiger charge is -2.05. The molecule has 1 N–H and O–H groups in total. The van der Waals surface area contributed by atoms with Gasteiger partial charge < -0.3 is 14.8 Å². The number of hydrogen-bond donors (Lipinski definition) is 1. The van der Waals surface area contributed by atoms with Gasteiger partial charge >= 0.3 is 5.97 Å². The van der Waals surface area contributed by atoms with E-state index in [1.807, 2.05) is 30.3 Å². The van der Waals surface area contributed by atoms with Crippen molar-refractivity contribution in [1.29, 1.82) is 0 Å². The Labute approximate surface area is 94.6 Å². The zero-order chi connectivity index (χ0) is 11.2. The fraction of sp³-hybridized carbons (Fsp3) is 0.417. The van der Waals surface area contributed by atoms with Gasteiger partial charge in [0.05, 0.1) is 13.2 Å². The van der Waals surface area contributed by atoms with Crippen molar-refractivity contribution in [2.75, 3.05) is 19.8 Å². The molecule has 86 valence electrons. The molecular formula is C12H15NO3. The highest BCUT2D eigenvalue weighted by atomic mass is 16.6. The van der Waals surface area contributed by atoms with Crippen LogP contribution in [-0.2, 0) is 20.8 Å². The van der Waals surface area contributed by atoms with E-state index in [0.717, 1.165) is 5.56 Å². The van der Waals surface area contributed by atoms with E-state index in [1.165, 1.54) is 0 Å². The second-order valence-corrected chi connectivity index (χ2v) is 3.73. The predicted octanol–water partition coefficient (Wildman–Crippen LogP) is 0.718. The summed E-state index contributed by atoms with van der Waals surface area (Å²) in [7, 11) is 0. The number of nitrogens with one attached hydrogen (secondary N) is 1. The summed E-state index contributed by atoms with van der Waals surface area (Å²) >= 11 is 0. The maximum absolute atomic E-state index is 11.2. The van der Waals surface area contributed by atoms with E-state index in [-0.39, 0.29) is 18.6 Å². The molecule has 0 spiro atoms. The molecule has 0 aliphatic carbocycles. The van der Waals surface area contributed by atoms with Crippen LogP contribution in [0.5, 0.6) is 0 Å². The zero-order valence-electron chi connectivity index (χ0n) is 9.02. The van der Waals surface area contributed by atoms with Crippen molar-refractivity contribution in [3.63, 3.8) is 0 Å². The zero-order valence-corrected chi connectivity index (χ0v) is 9.02. The van der Waals surface area contributed by atoms with Crippen LogP contribution in [0.3, 0.4) is 0 Å². The molecular weight excluding hydrogens is 206 g/mol. The van der Waals surface area contributed by atoms with Crippen LogP contribution in [0.4, 0.5) is 0 Å². The highest BCUT2D eigenvalue weighted by Crippen LogP contribution is 2.08. The molecule has 0 radical (unpaired) electrons.